The molecule has 1 aliphatic rings. The summed E-state index contributed by atoms with van der Waals surface area (Å²) in [5.74, 6) is 0. The van der Waals surface area contributed by atoms with Crippen LogP contribution in [-0.4, -0.2) is 31.8 Å². The van der Waals surface area contributed by atoms with E-state index in [-0.39, 0.29) is 0 Å². The fourth-order valence-corrected chi connectivity index (χ4v) is 1.34. The van der Waals surface area contributed by atoms with E-state index in [1.165, 1.54) is 12.8 Å². The molecular weight excluding hydrogens is 140 g/mol. The molecule has 0 spiro atoms. The predicted molar refractivity (Wildman–Crippen MR) is 45.5 cm³/mol. The zero-order chi connectivity index (χ0) is 8.10. The lowest BCUT2D eigenvalue weighted by molar-refractivity contribution is 0.0674. The van der Waals surface area contributed by atoms with E-state index >= 15 is 0 Å². The fourth-order valence-electron chi connectivity index (χ4n) is 1.34. The summed E-state index contributed by atoms with van der Waals surface area (Å²) in [7, 11) is 0. The molecule has 0 aromatic heterocycles. The van der Waals surface area contributed by atoms with Gasteiger partial charge in [-0.05, 0) is 19.8 Å². The quantitative estimate of drug-likeness (QED) is 0.612. The van der Waals surface area contributed by atoms with Gasteiger partial charge in [0.15, 0.2) is 0 Å². The molecule has 3 heteroatoms. The third-order valence-corrected chi connectivity index (χ3v) is 2.03. The Balaban J connectivity index is 2.13. The van der Waals surface area contributed by atoms with E-state index in [0.29, 0.717) is 18.6 Å². The van der Waals surface area contributed by atoms with Crippen molar-refractivity contribution in [3.63, 3.8) is 0 Å². The second-order valence-corrected chi connectivity index (χ2v) is 3.22. The highest BCUT2D eigenvalue weighted by Crippen LogP contribution is 2.05. The predicted octanol–water partition coefficient (Wildman–Crippen LogP) is 0.102. The van der Waals surface area contributed by atoms with Crippen LogP contribution in [0.3, 0.4) is 0 Å². The van der Waals surface area contributed by atoms with Crippen molar-refractivity contribution in [3.8, 4) is 0 Å². The Morgan fingerprint density at radius 2 is 2.55 bits per heavy atom. The minimum absolute atomic E-state index is 0.418. The van der Waals surface area contributed by atoms with E-state index in [9.17, 15) is 0 Å². The molecule has 0 amide bonds. The summed E-state index contributed by atoms with van der Waals surface area (Å²) in [5, 5.41) is 3.42. The molecule has 0 aromatic rings. The second-order valence-electron chi connectivity index (χ2n) is 3.22. The van der Waals surface area contributed by atoms with Crippen LogP contribution in [0.25, 0.3) is 0 Å². The van der Waals surface area contributed by atoms with E-state index in [4.69, 9.17) is 10.5 Å². The van der Waals surface area contributed by atoms with Crippen molar-refractivity contribution in [2.24, 2.45) is 5.73 Å². The maximum atomic E-state index is 5.49. The molecule has 0 bridgehead atoms. The molecule has 1 heterocycles. The third kappa shape index (κ3) is 3.18. The lowest BCUT2D eigenvalue weighted by Gasteiger charge is -2.25. The lowest BCUT2D eigenvalue weighted by atomic mass is 10.1. The summed E-state index contributed by atoms with van der Waals surface area (Å²) in [6.45, 7) is 4.59. The molecular formula is C8H18N2O. The molecule has 2 atom stereocenters. The number of nitrogens with two attached hydrogens (primary N) is 1. The van der Waals surface area contributed by atoms with Crippen molar-refractivity contribution in [1.82, 2.24) is 5.32 Å². The molecule has 3 N–H and O–H groups in total. The third-order valence-electron chi connectivity index (χ3n) is 2.03. The van der Waals surface area contributed by atoms with Crippen LogP contribution in [0.15, 0.2) is 0 Å². The summed E-state index contributed by atoms with van der Waals surface area (Å²) < 4.78 is 5.32. The zero-order valence-corrected chi connectivity index (χ0v) is 7.18. The summed E-state index contributed by atoms with van der Waals surface area (Å²) in [6.07, 6.45) is 2.40. The number of nitrogens with one attached hydrogen (secondary N) is 1. The van der Waals surface area contributed by atoms with Gasteiger partial charge in [-0.25, -0.2) is 0 Å². The fraction of sp³-hybridized carbons (Fsp3) is 1.00. The summed E-state index contributed by atoms with van der Waals surface area (Å²) in [4.78, 5) is 0. The van der Waals surface area contributed by atoms with Crippen molar-refractivity contribution in [2.75, 3.05) is 19.8 Å². The van der Waals surface area contributed by atoms with Gasteiger partial charge < -0.3 is 15.8 Å². The molecule has 1 saturated heterocycles. The molecule has 0 saturated carbocycles. The van der Waals surface area contributed by atoms with E-state index in [2.05, 4.69) is 12.2 Å². The zero-order valence-electron chi connectivity index (χ0n) is 7.18. The first-order valence-corrected chi connectivity index (χ1v) is 4.37. The smallest absolute Gasteiger partial charge is 0.0619 e. The molecule has 0 aromatic carbocycles. The van der Waals surface area contributed by atoms with Crippen LogP contribution in [0.5, 0.6) is 0 Å². The average Bonchev–Trinajstić information content (AvgIpc) is 2.06. The normalized spacial score (nSPS) is 28.4. The number of rotatable bonds is 3. The van der Waals surface area contributed by atoms with Crippen LogP contribution in [-0.2, 0) is 4.74 Å². The average molecular weight is 158 g/mol. The Kier molecular flexibility index (Phi) is 3.83. The summed E-state index contributed by atoms with van der Waals surface area (Å²) in [6, 6.07) is 0.948. The Bertz CT molecular complexity index is 102. The number of hydrogen-bond acceptors (Lipinski definition) is 3. The Morgan fingerprint density at radius 3 is 3.09 bits per heavy atom. The molecule has 11 heavy (non-hydrogen) atoms. The first-order valence-electron chi connectivity index (χ1n) is 4.37. The molecule has 66 valence electrons. The minimum Gasteiger partial charge on any atom is -0.380 e. The van der Waals surface area contributed by atoms with Gasteiger partial charge in [-0.3, -0.25) is 0 Å². The van der Waals surface area contributed by atoms with Gasteiger partial charge in [-0.1, -0.05) is 0 Å². The van der Waals surface area contributed by atoms with E-state index in [1.54, 1.807) is 0 Å². The summed E-state index contributed by atoms with van der Waals surface area (Å²) >= 11 is 0. The Labute approximate surface area is 68.3 Å². The van der Waals surface area contributed by atoms with Crippen LogP contribution in [0, 0.1) is 0 Å². The lowest BCUT2D eigenvalue weighted by Crippen LogP contribution is -2.44. The standard InChI is InChI=1S/C8H18N2O/c1-7(5-9)10-8-3-2-4-11-6-8/h7-8,10H,2-6,9H2,1H3. The van der Waals surface area contributed by atoms with Crippen LogP contribution in [0.1, 0.15) is 19.8 Å². The van der Waals surface area contributed by atoms with Gasteiger partial charge in [0.1, 0.15) is 0 Å². The van der Waals surface area contributed by atoms with Crippen molar-refractivity contribution in [3.05, 3.63) is 0 Å². The van der Waals surface area contributed by atoms with Crippen LogP contribution < -0.4 is 11.1 Å². The Hall–Kier alpha value is -0.120. The Morgan fingerprint density at radius 1 is 1.73 bits per heavy atom. The molecule has 1 fully saturated rings. The van der Waals surface area contributed by atoms with Crippen molar-refractivity contribution in [2.45, 2.75) is 31.8 Å². The van der Waals surface area contributed by atoms with Gasteiger partial charge in [0.05, 0.1) is 6.61 Å². The van der Waals surface area contributed by atoms with Gasteiger partial charge in [0.25, 0.3) is 0 Å². The molecule has 2 unspecified atom stereocenters. The molecule has 0 aliphatic carbocycles. The summed E-state index contributed by atoms with van der Waals surface area (Å²) in [5.41, 5.74) is 5.49. The first-order chi connectivity index (χ1) is 5.33. The maximum Gasteiger partial charge on any atom is 0.0619 e. The van der Waals surface area contributed by atoms with Crippen LogP contribution >= 0.6 is 0 Å². The largest absolute Gasteiger partial charge is 0.380 e. The second kappa shape index (κ2) is 4.70. The minimum atomic E-state index is 0.418. The molecule has 1 rings (SSSR count). The monoisotopic (exact) mass is 158 g/mol. The number of hydrogen-bond donors (Lipinski definition) is 2. The van der Waals surface area contributed by atoms with Gasteiger partial charge in [0.2, 0.25) is 0 Å². The molecule has 3 nitrogen and oxygen atoms in total. The van der Waals surface area contributed by atoms with Gasteiger partial charge in [-0.15, -0.1) is 0 Å². The highest BCUT2D eigenvalue weighted by atomic mass is 16.5. The van der Waals surface area contributed by atoms with Crippen LogP contribution in [0.2, 0.25) is 0 Å². The van der Waals surface area contributed by atoms with Crippen molar-refractivity contribution < 1.29 is 4.74 Å². The first kappa shape index (κ1) is 8.97. The highest BCUT2D eigenvalue weighted by Gasteiger charge is 2.14. The van der Waals surface area contributed by atoms with Gasteiger partial charge in [-0.2, -0.15) is 0 Å². The van der Waals surface area contributed by atoms with Gasteiger partial charge in [0, 0.05) is 25.2 Å². The van der Waals surface area contributed by atoms with Crippen LogP contribution in [0.4, 0.5) is 0 Å². The maximum absolute atomic E-state index is 5.49. The SMILES string of the molecule is CC(CN)NC1CCCOC1. The van der Waals surface area contributed by atoms with E-state index in [0.717, 1.165) is 13.2 Å². The molecule has 1 aliphatic heterocycles. The topological polar surface area (TPSA) is 47.3 Å². The van der Waals surface area contributed by atoms with E-state index in [1.807, 2.05) is 0 Å². The van der Waals surface area contributed by atoms with Crippen molar-refractivity contribution in [1.29, 1.82) is 0 Å². The number of ether oxygens (including phenoxy) is 1. The molecule has 0 radical (unpaired) electrons. The highest BCUT2D eigenvalue weighted by molar-refractivity contribution is 4.73. The van der Waals surface area contributed by atoms with E-state index < -0.39 is 0 Å². The van der Waals surface area contributed by atoms with Gasteiger partial charge >= 0.3 is 0 Å². The van der Waals surface area contributed by atoms with Crippen molar-refractivity contribution >= 4 is 0 Å².